The van der Waals surface area contributed by atoms with Gasteiger partial charge in [0.1, 0.15) is 0 Å². The number of benzene rings is 1. The summed E-state index contributed by atoms with van der Waals surface area (Å²) in [6.07, 6.45) is -4.01. The predicted octanol–water partition coefficient (Wildman–Crippen LogP) is 2.90. The summed E-state index contributed by atoms with van der Waals surface area (Å²) in [5, 5.41) is 1.91. The van der Waals surface area contributed by atoms with Gasteiger partial charge in [0.2, 0.25) is 0 Å². The molecule has 3 atom stereocenters. The molecule has 1 aliphatic carbocycles. The van der Waals surface area contributed by atoms with Crippen LogP contribution >= 0.6 is 15.9 Å². The zero-order chi connectivity index (χ0) is 17.6. The molecule has 2 aliphatic rings. The van der Waals surface area contributed by atoms with E-state index in [1.807, 2.05) is 24.4 Å². The molecule has 24 heavy (non-hydrogen) atoms. The highest BCUT2D eigenvalue weighted by Crippen LogP contribution is 2.49. The van der Waals surface area contributed by atoms with Gasteiger partial charge >= 0.3 is 12.1 Å². The van der Waals surface area contributed by atoms with Crippen molar-refractivity contribution in [2.24, 2.45) is 11.8 Å². The van der Waals surface area contributed by atoms with Crippen LogP contribution in [0.4, 0.5) is 13.2 Å². The maximum atomic E-state index is 12.8. The zero-order valence-electron chi connectivity index (χ0n) is 12.9. The number of nitrogens with one attached hydrogen (secondary N) is 1. The molecule has 0 radical (unpaired) electrons. The number of hydrogen-bond donors (Lipinski definition) is 1. The van der Waals surface area contributed by atoms with Crippen LogP contribution in [0.3, 0.4) is 0 Å². The fourth-order valence-corrected chi connectivity index (χ4v) is 3.98. The van der Waals surface area contributed by atoms with E-state index < -0.39 is 12.1 Å². The Labute approximate surface area is 145 Å². The third-order valence-electron chi connectivity index (χ3n) is 4.65. The van der Waals surface area contributed by atoms with Crippen molar-refractivity contribution in [3.05, 3.63) is 33.8 Å². The fourth-order valence-electron chi connectivity index (χ4n) is 3.31. The summed E-state index contributed by atoms with van der Waals surface area (Å²) >= 11 is 3.36. The van der Waals surface area contributed by atoms with Gasteiger partial charge in [-0.3, -0.25) is 9.59 Å². The summed E-state index contributed by atoms with van der Waals surface area (Å²) in [5.41, 5.74) is 1.48. The second kappa shape index (κ2) is 6.06. The molecule has 2 amide bonds. The SMILES string of the molecule is Cc1ccc(C(=O)N2C[C@H]3CC3[C@H]2CNC(=O)C(F)(F)F)c(Br)c1. The molecule has 0 aromatic heterocycles. The van der Waals surface area contributed by atoms with Crippen molar-refractivity contribution in [2.75, 3.05) is 13.1 Å². The first-order valence-electron chi connectivity index (χ1n) is 7.60. The number of aryl methyl sites for hydroxylation is 1. The molecular formula is C16H16BrF3N2O2. The number of carbonyl (C=O) groups excluding carboxylic acids is 2. The van der Waals surface area contributed by atoms with Gasteiger partial charge in [-0.1, -0.05) is 6.07 Å². The number of fused-ring (bicyclic) bond motifs is 1. The number of alkyl halides is 3. The highest BCUT2D eigenvalue weighted by atomic mass is 79.9. The van der Waals surface area contributed by atoms with Crippen molar-refractivity contribution >= 4 is 27.7 Å². The minimum Gasteiger partial charge on any atom is -0.346 e. The molecule has 0 bridgehead atoms. The lowest BCUT2D eigenvalue weighted by atomic mass is 10.1. The molecule has 1 N–H and O–H groups in total. The van der Waals surface area contributed by atoms with Gasteiger partial charge in [0.15, 0.2) is 0 Å². The van der Waals surface area contributed by atoms with Gasteiger partial charge in [0.05, 0.1) is 11.6 Å². The van der Waals surface area contributed by atoms with E-state index in [9.17, 15) is 22.8 Å². The van der Waals surface area contributed by atoms with Gasteiger partial charge in [-0.25, -0.2) is 0 Å². The zero-order valence-corrected chi connectivity index (χ0v) is 14.4. The van der Waals surface area contributed by atoms with Crippen LogP contribution in [0.5, 0.6) is 0 Å². The molecule has 4 nitrogen and oxygen atoms in total. The molecule has 0 spiro atoms. The molecule has 1 aromatic rings. The van der Waals surface area contributed by atoms with Crippen LogP contribution in [0.2, 0.25) is 0 Å². The van der Waals surface area contributed by atoms with Crippen molar-refractivity contribution in [1.29, 1.82) is 0 Å². The number of carbonyl (C=O) groups is 2. The molecule has 3 rings (SSSR count). The summed E-state index contributed by atoms with van der Waals surface area (Å²) in [7, 11) is 0. The minimum atomic E-state index is -4.91. The summed E-state index contributed by atoms with van der Waals surface area (Å²) < 4.78 is 37.7. The highest BCUT2D eigenvalue weighted by molar-refractivity contribution is 9.10. The monoisotopic (exact) mass is 404 g/mol. The van der Waals surface area contributed by atoms with E-state index in [0.29, 0.717) is 22.5 Å². The molecule has 130 valence electrons. The van der Waals surface area contributed by atoms with Gasteiger partial charge in [0, 0.05) is 17.6 Å². The number of hydrogen-bond acceptors (Lipinski definition) is 2. The molecular weight excluding hydrogens is 389 g/mol. The lowest BCUT2D eigenvalue weighted by molar-refractivity contribution is -0.173. The van der Waals surface area contributed by atoms with Gasteiger partial charge in [0.25, 0.3) is 5.91 Å². The van der Waals surface area contributed by atoms with Crippen molar-refractivity contribution in [1.82, 2.24) is 10.2 Å². The molecule has 1 saturated carbocycles. The maximum absolute atomic E-state index is 12.8. The average Bonchev–Trinajstić information content (AvgIpc) is 3.16. The quantitative estimate of drug-likeness (QED) is 0.841. The van der Waals surface area contributed by atoms with Crippen molar-refractivity contribution in [3.8, 4) is 0 Å². The Balaban J connectivity index is 1.72. The first-order chi connectivity index (χ1) is 11.2. The summed E-state index contributed by atoms with van der Waals surface area (Å²) in [6.45, 7) is 2.25. The standard InChI is InChI=1S/C16H16BrF3N2O2/c1-8-2-3-10(12(17)4-8)14(23)22-7-9-5-11(9)13(22)6-21-15(24)16(18,19)20/h2-4,9,11,13H,5-7H2,1H3,(H,21,24)/t9-,11?,13-/m1/s1. The number of halogens is 4. The maximum Gasteiger partial charge on any atom is 0.471 e. The number of rotatable bonds is 3. The van der Waals surface area contributed by atoms with Gasteiger partial charge in [-0.15, -0.1) is 0 Å². The minimum absolute atomic E-state index is 0.172. The third kappa shape index (κ3) is 3.29. The Bertz CT molecular complexity index is 692. The molecule has 1 saturated heterocycles. The van der Waals surface area contributed by atoms with E-state index in [1.54, 1.807) is 11.0 Å². The van der Waals surface area contributed by atoms with E-state index in [1.165, 1.54) is 0 Å². The second-order valence-electron chi connectivity index (χ2n) is 6.38. The third-order valence-corrected chi connectivity index (χ3v) is 5.30. The first-order valence-corrected chi connectivity index (χ1v) is 8.40. The summed E-state index contributed by atoms with van der Waals surface area (Å²) in [6, 6.07) is 4.96. The summed E-state index contributed by atoms with van der Waals surface area (Å²) in [5.74, 6) is -1.69. The number of amides is 2. The van der Waals surface area contributed by atoms with Crippen LogP contribution in [0.15, 0.2) is 22.7 Å². The lowest BCUT2D eigenvalue weighted by Gasteiger charge is -2.28. The van der Waals surface area contributed by atoms with Crippen molar-refractivity contribution in [3.63, 3.8) is 0 Å². The van der Waals surface area contributed by atoms with Crippen LogP contribution in [0.25, 0.3) is 0 Å². The van der Waals surface area contributed by atoms with E-state index in [4.69, 9.17) is 0 Å². The van der Waals surface area contributed by atoms with Crippen LogP contribution in [0.1, 0.15) is 22.3 Å². The van der Waals surface area contributed by atoms with Crippen molar-refractivity contribution in [2.45, 2.75) is 25.6 Å². The highest BCUT2D eigenvalue weighted by Gasteiger charge is 2.54. The largest absolute Gasteiger partial charge is 0.471 e. The Morgan fingerprint density at radius 1 is 1.38 bits per heavy atom. The van der Waals surface area contributed by atoms with Crippen molar-refractivity contribution < 1.29 is 22.8 Å². The molecule has 1 aliphatic heterocycles. The average molecular weight is 405 g/mol. The molecule has 1 heterocycles. The predicted molar refractivity (Wildman–Crippen MR) is 84.4 cm³/mol. The van der Waals surface area contributed by atoms with E-state index >= 15 is 0 Å². The van der Waals surface area contributed by atoms with Gasteiger partial charge < -0.3 is 10.2 Å². The number of piperidine rings is 1. The topological polar surface area (TPSA) is 49.4 Å². The van der Waals surface area contributed by atoms with E-state index in [-0.39, 0.29) is 24.4 Å². The Kier molecular flexibility index (Phi) is 4.36. The number of likely N-dealkylation sites (tertiary alicyclic amines) is 1. The Morgan fingerprint density at radius 2 is 2.08 bits per heavy atom. The summed E-state index contributed by atoms with van der Waals surface area (Å²) in [4.78, 5) is 25.4. The Hall–Kier alpha value is -1.57. The fraction of sp³-hybridized carbons (Fsp3) is 0.500. The Morgan fingerprint density at radius 3 is 2.71 bits per heavy atom. The van der Waals surface area contributed by atoms with Crippen LogP contribution in [0, 0.1) is 18.8 Å². The first kappa shape index (κ1) is 17.3. The normalized spacial score (nSPS) is 25.4. The van der Waals surface area contributed by atoms with Crippen LogP contribution in [-0.4, -0.2) is 42.0 Å². The van der Waals surface area contributed by atoms with E-state index in [0.717, 1.165) is 12.0 Å². The lowest BCUT2D eigenvalue weighted by Crippen LogP contribution is -2.48. The smallest absolute Gasteiger partial charge is 0.346 e. The number of nitrogens with zero attached hydrogens (tertiary/aromatic N) is 1. The molecule has 8 heteroatoms. The molecule has 1 aromatic carbocycles. The molecule has 1 unspecified atom stereocenters. The van der Waals surface area contributed by atoms with Gasteiger partial charge in [-0.2, -0.15) is 13.2 Å². The van der Waals surface area contributed by atoms with Crippen LogP contribution in [-0.2, 0) is 4.79 Å². The van der Waals surface area contributed by atoms with Gasteiger partial charge in [-0.05, 0) is 58.8 Å². The van der Waals surface area contributed by atoms with Crippen LogP contribution < -0.4 is 5.32 Å². The molecule has 2 fully saturated rings. The van der Waals surface area contributed by atoms with E-state index in [2.05, 4.69) is 15.9 Å². The second-order valence-corrected chi connectivity index (χ2v) is 7.23.